The largest absolute Gasteiger partial charge is 0.480 e. The molecule has 0 saturated carbocycles. The maximum absolute atomic E-state index is 11.6. The van der Waals surface area contributed by atoms with Crippen LogP contribution in [0.4, 0.5) is 9.93 Å². The number of carboxylic acid groups (broad SMARTS) is 1. The molecule has 1 rings (SSSR count). The number of anilines is 1. The fourth-order valence-corrected chi connectivity index (χ4v) is 1.91. The van der Waals surface area contributed by atoms with Crippen LogP contribution in [0.2, 0.25) is 0 Å². The lowest BCUT2D eigenvalue weighted by Gasteiger charge is -2.17. The molecule has 0 aliphatic heterocycles. The van der Waals surface area contributed by atoms with Crippen molar-refractivity contribution in [2.24, 2.45) is 5.92 Å². The lowest BCUT2D eigenvalue weighted by molar-refractivity contribution is -0.140. The first kappa shape index (κ1) is 14.4. The number of aromatic nitrogens is 2. The summed E-state index contributed by atoms with van der Waals surface area (Å²) in [5.41, 5.74) is 0. The van der Waals surface area contributed by atoms with Crippen molar-refractivity contribution in [3.05, 3.63) is 5.01 Å². The van der Waals surface area contributed by atoms with E-state index in [1.807, 2.05) is 6.92 Å². The molecule has 0 aromatic carbocycles. The molecule has 0 radical (unpaired) electrons. The molecule has 0 saturated heterocycles. The van der Waals surface area contributed by atoms with E-state index in [0.29, 0.717) is 5.13 Å². The van der Waals surface area contributed by atoms with Crippen LogP contribution in [-0.2, 0) is 11.2 Å². The second-order valence-electron chi connectivity index (χ2n) is 4.01. The molecule has 3 N–H and O–H groups in total. The number of urea groups is 1. The molecular weight excluding hydrogens is 256 g/mol. The highest BCUT2D eigenvalue weighted by Gasteiger charge is 2.23. The van der Waals surface area contributed by atoms with Gasteiger partial charge in [0.1, 0.15) is 11.0 Å². The molecule has 8 heteroatoms. The van der Waals surface area contributed by atoms with Crippen LogP contribution in [0.3, 0.4) is 0 Å². The molecule has 1 aromatic heterocycles. The van der Waals surface area contributed by atoms with Gasteiger partial charge >= 0.3 is 12.0 Å². The highest BCUT2D eigenvalue weighted by molar-refractivity contribution is 7.15. The predicted octanol–water partition coefficient (Wildman–Crippen LogP) is 1.33. The Morgan fingerprint density at radius 2 is 2.06 bits per heavy atom. The van der Waals surface area contributed by atoms with Crippen LogP contribution in [0.1, 0.15) is 25.8 Å². The van der Waals surface area contributed by atoms with Crippen molar-refractivity contribution in [1.82, 2.24) is 15.5 Å². The van der Waals surface area contributed by atoms with Crippen LogP contribution in [0, 0.1) is 5.92 Å². The van der Waals surface area contributed by atoms with Gasteiger partial charge in [0.05, 0.1) is 0 Å². The molecule has 18 heavy (non-hydrogen) atoms. The van der Waals surface area contributed by atoms with Crippen LogP contribution in [0.15, 0.2) is 0 Å². The highest BCUT2D eigenvalue weighted by atomic mass is 32.1. The van der Waals surface area contributed by atoms with Crippen molar-refractivity contribution in [3.63, 3.8) is 0 Å². The molecule has 0 aliphatic rings. The first-order valence-corrected chi connectivity index (χ1v) is 6.38. The minimum Gasteiger partial charge on any atom is -0.480 e. The second kappa shape index (κ2) is 6.29. The lowest BCUT2D eigenvalue weighted by Crippen LogP contribution is -2.46. The number of hydrogen-bond acceptors (Lipinski definition) is 5. The number of carboxylic acids is 1. The molecule has 1 aromatic rings. The standard InChI is InChI=1S/C10H16N4O3S/c1-4-6-13-14-10(18-6)12-9(17)11-7(5(2)3)8(15)16/h5,7H,4H2,1-3H3,(H,15,16)(H2,11,12,14,17)/t7-/m0/s1. The maximum atomic E-state index is 11.6. The molecule has 0 fully saturated rings. The minimum atomic E-state index is -1.06. The van der Waals surface area contributed by atoms with Crippen molar-refractivity contribution in [3.8, 4) is 0 Å². The topological polar surface area (TPSA) is 104 Å². The van der Waals surface area contributed by atoms with E-state index in [9.17, 15) is 9.59 Å². The van der Waals surface area contributed by atoms with Gasteiger partial charge in [0.15, 0.2) is 0 Å². The smallest absolute Gasteiger partial charge is 0.326 e. The Kier molecular flexibility index (Phi) is 5.02. The summed E-state index contributed by atoms with van der Waals surface area (Å²) in [5.74, 6) is -1.26. The van der Waals surface area contributed by atoms with Gasteiger partial charge in [0.25, 0.3) is 0 Å². The van der Waals surface area contributed by atoms with Crippen LogP contribution >= 0.6 is 11.3 Å². The Labute approximate surface area is 109 Å². The Morgan fingerprint density at radius 3 is 2.50 bits per heavy atom. The Balaban J connectivity index is 2.57. The van der Waals surface area contributed by atoms with Gasteiger partial charge in [-0.25, -0.2) is 9.59 Å². The Morgan fingerprint density at radius 1 is 1.39 bits per heavy atom. The molecule has 1 heterocycles. The first-order chi connectivity index (χ1) is 8.43. The van der Waals surface area contributed by atoms with Crippen molar-refractivity contribution in [1.29, 1.82) is 0 Å². The number of hydrogen-bond donors (Lipinski definition) is 3. The number of nitrogens with one attached hydrogen (secondary N) is 2. The number of carbonyl (C=O) groups excluding carboxylic acids is 1. The quantitative estimate of drug-likeness (QED) is 0.750. The van der Waals surface area contributed by atoms with Crippen LogP contribution in [0.25, 0.3) is 0 Å². The van der Waals surface area contributed by atoms with E-state index in [0.717, 1.165) is 11.4 Å². The van der Waals surface area contributed by atoms with Crippen LogP contribution in [-0.4, -0.2) is 33.3 Å². The predicted molar refractivity (Wildman–Crippen MR) is 67.7 cm³/mol. The number of aliphatic carboxylic acids is 1. The molecule has 1 atom stereocenters. The third-order valence-corrected chi connectivity index (χ3v) is 3.19. The van der Waals surface area contributed by atoms with E-state index in [-0.39, 0.29) is 5.92 Å². The molecule has 0 unspecified atom stereocenters. The summed E-state index contributed by atoms with van der Waals surface area (Å²) in [7, 11) is 0. The SMILES string of the molecule is CCc1nnc(NC(=O)N[C@H](C(=O)O)C(C)C)s1. The normalized spacial score (nSPS) is 12.2. The van der Waals surface area contributed by atoms with Gasteiger partial charge in [-0.2, -0.15) is 0 Å². The van der Waals surface area contributed by atoms with Gasteiger partial charge in [-0.05, 0) is 12.3 Å². The Hall–Kier alpha value is -1.70. The van der Waals surface area contributed by atoms with Gasteiger partial charge in [-0.15, -0.1) is 10.2 Å². The average Bonchev–Trinajstić information content (AvgIpc) is 2.72. The molecular formula is C10H16N4O3S. The molecule has 100 valence electrons. The summed E-state index contributed by atoms with van der Waals surface area (Å²) >= 11 is 1.26. The van der Waals surface area contributed by atoms with Crippen molar-refractivity contribution >= 4 is 28.5 Å². The fraction of sp³-hybridized carbons (Fsp3) is 0.600. The van der Waals surface area contributed by atoms with Gasteiger partial charge in [-0.1, -0.05) is 32.1 Å². The van der Waals surface area contributed by atoms with Gasteiger partial charge in [0.2, 0.25) is 5.13 Å². The zero-order chi connectivity index (χ0) is 13.7. The van der Waals surface area contributed by atoms with Crippen molar-refractivity contribution in [2.75, 3.05) is 5.32 Å². The number of aryl methyl sites for hydroxylation is 1. The molecule has 0 aliphatic carbocycles. The van der Waals surface area contributed by atoms with E-state index in [2.05, 4.69) is 20.8 Å². The summed E-state index contributed by atoms with van der Waals surface area (Å²) in [6.07, 6.45) is 0.741. The number of amides is 2. The minimum absolute atomic E-state index is 0.200. The number of nitrogens with zero attached hydrogens (tertiary/aromatic N) is 2. The molecule has 0 spiro atoms. The first-order valence-electron chi connectivity index (χ1n) is 5.56. The van der Waals surface area contributed by atoms with Gasteiger partial charge in [0, 0.05) is 0 Å². The molecule has 0 bridgehead atoms. The highest BCUT2D eigenvalue weighted by Crippen LogP contribution is 2.15. The summed E-state index contributed by atoms with van der Waals surface area (Å²) in [6.45, 7) is 5.38. The lowest BCUT2D eigenvalue weighted by atomic mass is 10.1. The third kappa shape index (κ3) is 3.95. The zero-order valence-electron chi connectivity index (χ0n) is 10.4. The zero-order valence-corrected chi connectivity index (χ0v) is 11.2. The summed E-state index contributed by atoms with van der Waals surface area (Å²) in [4.78, 5) is 22.5. The third-order valence-electron chi connectivity index (χ3n) is 2.21. The van der Waals surface area contributed by atoms with Crippen LogP contribution < -0.4 is 10.6 Å². The summed E-state index contributed by atoms with van der Waals surface area (Å²) in [6, 6.07) is -1.52. The number of carbonyl (C=O) groups is 2. The average molecular weight is 272 g/mol. The fourth-order valence-electron chi connectivity index (χ4n) is 1.23. The summed E-state index contributed by atoms with van der Waals surface area (Å²) < 4.78 is 0. The number of rotatable bonds is 5. The van der Waals surface area contributed by atoms with E-state index in [1.165, 1.54) is 11.3 Å². The molecule has 2 amide bonds. The summed E-state index contributed by atoms with van der Waals surface area (Å²) in [5, 5.41) is 22.6. The monoisotopic (exact) mass is 272 g/mol. The van der Waals surface area contributed by atoms with E-state index in [4.69, 9.17) is 5.11 Å². The van der Waals surface area contributed by atoms with E-state index < -0.39 is 18.0 Å². The van der Waals surface area contributed by atoms with Gasteiger partial charge < -0.3 is 10.4 Å². The van der Waals surface area contributed by atoms with Crippen molar-refractivity contribution < 1.29 is 14.7 Å². The maximum Gasteiger partial charge on any atom is 0.326 e. The van der Waals surface area contributed by atoms with Gasteiger partial charge in [-0.3, -0.25) is 5.32 Å². The van der Waals surface area contributed by atoms with E-state index in [1.54, 1.807) is 13.8 Å². The second-order valence-corrected chi connectivity index (χ2v) is 5.07. The molecule has 7 nitrogen and oxygen atoms in total. The Bertz CT molecular complexity index is 433. The van der Waals surface area contributed by atoms with Crippen molar-refractivity contribution in [2.45, 2.75) is 33.2 Å². The van der Waals surface area contributed by atoms with Crippen LogP contribution in [0.5, 0.6) is 0 Å². The van der Waals surface area contributed by atoms with E-state index >= 15 is 0 Å².